The number of hydrogen-bond donors (Lipinski definition) is 2. The van der Waals surface area contributed by atoms with Gasteiger partial charge in [-0.2, -0.15) is 0 Å². The van der Waals surface area contributed by atoms with Crippen molar-refractivity contribution < 1.29 is 9.90 Å². The molecule has 2 aromatic rings. The Labute approximate surface area is 127 Å². The molecule has 1 amide bonds. The molecule has 2 rings (SSSR count). The summed E-state index contributed by atoms with van der Waals surface area (Å²) in [4.78, 5) is 12.6. The molecule has 0 unspecified atom stereocenters. The first-order chi connectivity index (χ1) is 9.65. The maximum atomic E-state index is 11.7. The molecule has 1 heterocycles. The van der Waals surface area contributed by atoms with Crippen LogP contribution in [0, 0.1) is 0 Å². The topological polar surface area (TPSA) is 49.3 Å². The number of thiophene rings is 1. The van der Waals surface area contributed by atoms with Gasteiger partial charge < -0.3 is 10.4 Å². The van der Waals surface area contributed by atoms with Crippen LogP contribution in [0.25, 0.3) is 0 Å². The molecule has 1 aromatic carbocycles. The Morgan fingerprint density at radius 2 is 2.20 bits per heavy atom. The van der Waals surface area contributed by atoms with E-state index in [1.807, 2.05) is 41.8 Å². The number of hydrogen-bond acceptors (Lipinski definition) is 3. The Kier molecular flexibility index (Phi) is 5.59. The lowest BCUT2D eigenvalue weighted by Gasteiger charge is -2.10. The Bertz CT molecular complexity index is 557. The van der Waals surface area contributed by atoms with Gasteiger partial charge >= 0.3 is 0 Å². The molecule has 5 heteroatoms. The highest BCUT2D eigenvalue weighted by Crippen LogP contribution is 2.17. The van der Waals surface area contributed by atoms with Crippen LogP contribution in [-0.4, -0.2) is 17.6 Å². The monoisotopic (exact) mass is 309 g/mol. The number of amides is 1. The molecule has 0 saturated heterocycles. The first-order valence-corrected chi connectivity index (χ1v) is 7.63. The number of nitrogens with one attached hydrogen (secondary N) is 1. The third kappa shape index (κ3) is 4.63. The average molecular weight is 310 g/mol. The summed E-state index contributed by atoms with van der Waals surface area (Å²) in [6.45, 7) is 0.245. The number of aliphatic hydroxyl groups is 1. The van der Waals surface area contributed by atoms with Crippen LogP contribution in [0.2, 0.25) is 5.02 Å². The molecular formula is C15H16ClNO2S. The van der Waals surface area contributed by atoms with Crippen LogP contribution in [0.4, 0.5) is 0 Å². The number of benzene rings is 1. The molecule has 0 aliphatic rings. The van der Waals surface area contributed by atoms with Crippen LogP contribution in [0.5, 0.6) is 0 Å². The number of halogens is 1. The molecule has 0 bridgehead atoms. The minimum Gasteiger partial charge on any atom is -0.386 e. The summed E-state index contributed by atoms with van der Waals surface area (Å²) in [6, 6.07) is 11.2. The SMILES string of the molecule is O=C(CCc1cccc(Cl)c1)NC[C@H](O)c1cccs1. The summed E-state index contributed by atoms with van der Waals surface area (Å²) in [5, 5.41) is 15.2. The van der Waals surface area contributed by atoms with Crippen molar-refractivity contribution in [3.63, 3.8) is 0 Å². The maximum absolute atomic E-state index is 11.7. The van der Waals surface area contributed by atoms with Gasteiger partial charge in [-0.15, -0.1) is 11.3 Å². The third-order valence-corrected chi connectivity index (χ3v) is 4.10. The maximum Gasteiger partial charge on any atom is 0.220 e. The predicted octanol–water partition coefficient (Wildman–Crippen LogP) is 3.18. The molecular weight excluding hydrogens is 294 g/mol. The van der Waals surface area contributed by atoms with Crippen molar-refractivity contribution in [1.82, 2.24) is 5.32 Å². The van der Waals surface area contributed by atoms with Crippen molar-refractivity contribution in [3.8, 4) is 0 Å². The average Bonchev–Trinajstić information content (AvgIpc) is 2.97. The minimum atomic E-state index is -0.634. The minimum absolute atomic E-state index is 0.0689. The lowest BCUT2D eigenvalue weighted by molar-refractivity contribution is -0.121. The molecule has 0 saturated carbocycles. The second kappa shape index (κ2) is 7.43. The largest absolute Gasteiger partial charge is 0.386 e. The molecule has 20 heavy (non-hydrogen) atoms. The van der Waals surface area contributed by atoms with Gasteiger partial charge in [0.05, 0.1) is 0 Å². The number of aliphatic hydroxyl groups excluding tert-OH is 1. The van der Waals surface area contributed by atoms with Gasteiger partial charge in [0.2, 0.25) is 5.91 Å². The lowest BCUT2D eigenvalue weighted by Crippen LogP contribution is -2.28. The lowest BCUT2D eigenvalue weighted by atomic mass is 10.1. The van der Waals surface area contributed by atoms with Gasteiger partial charge in [-0.1, -0.05) is 29.8 Å². The fraction of sp³-hybridized carbons (Fsp3) is 0.267. The Morgan fingerprint density at radius 1 is 1.35 bits per heavy atom. The zero-order chi connectivity index (χ0) is 14.4. The number of carbonyl (C=O) groups excluding carboxylic acids is 1. The summed E-state index contributed by atoms with van der Waals surface area (Å²) in [7, 11) is 0. The van der Waals surface area contributed by atoms with Crippen molar-refractivity contribution in [2.24, 2.45) is 0 Å². The molecule has 0 aliphatic heterocycles. The van der Waals surface area contributed by atoms with Crippen LogP contribution in [0.15, 0.2) is 41.8 Å². The molecule has 106 valence electrons. The second-order valence-electron chi connectivity index (χ2n) is 4.47. The van der Waals surface area contributed by atoms with Crippen molar-refractivity contribution in [1.29, 1.82) is 0 Å². The molecule has 3 nitrogen and oxygen atoms in total. The summed E-state index contributed by atoms with van der Waals surface area (Å²) >= 11 is 7.37. The highest BCUT2D eigenvalue weighted by atomic mass is 35.5. The van der Waals surface area contributed by atoms with Gasteiger partial charge in [0.1, 0.15) is 6.10 Å². The molecule has 0 radical (unpaired) electrons. The van der Waals surface area contributed by atoms with E-state index in [2.05, 4.69) is 5.32 Å². The summed E-state index contributed by atoms with van der Waals surface area (Å²) in [5.74, 6) is -0.0689. The third-order valence-electron chi connectivity index (χ3n) is 2.89. The highest BCUT2D eigenvalue weighted by Gasteiger charge is 2.10. The molecule has 1 atom stereocenters. The Hall–Kier alpha value is -1.36. The van der Waals surface area contributed by atoms with E-state index in [1.54, 1.807) is 0 Å². The van der Waals surface area contributed by atoms with Gasteiger partial charge in [-0.05, 0) is 35.6 Å². The van der Waals surface area contributed by atoms with E-state index in [4.69, 9.17) is 11.6 Å². The van der Waals surface area contributed by atoms with Gasteiger partial charge in [0.25, 0.3) is 0 Å². The first kappa shape index (κ1) is 15.0. The van der Waals surface area contributed by atoms with E-state index in [-0.39, 0.29) is 12.5 Å². The second-order valence-corrected chi connectivity index (χ2v) is 5.88. The Morgan fingerprint density at radius 3 is 2.90 bits per heavy atom. The summed E-state index contributed by atoms with van der Waals surface area (Å²) in [6.07, 6.45) is 0.393. The standard InChI is InChI=1S/C15H16ClNO2S/c16-12-4-1-3-11(9-12)6-7-15(19)17-10-13(18)14-5-2-8-20-14/h1-5,8-9,13,18H,6-7,10H2,(H,17,19)/t13-/m0/s1. The smallest absolute Gasteiger partial charge is 0.220 e. The quantitative estimate of drug-likeness (QED) is 0.861. The fourth-order valence-electron chi connectivity index (χ4n) is 1.83. The van der Waals surface area contributed by atoms with Crippen molar-refractivity contribution in [2.45, 2.75) is 18.9 Å². The number of aryl methyl sites for hydroxylation is 1. The Balaban J connectivity index is 1.73. The van der Waals surface area contributed by atoms with Crippen LogP contribution < -0.4 is 5.32 Å². The molecule has 0 spiro atoms. The van der Waals surface area contributed by atoms with E-state index in [0.29, 0.717) is 17.9 Å². The van der Waals surface area contributed by atoms with Crippen LogP contribution in [0.3, 0.4) is 0 Å². The molecule has 0 fully saturated rings. The van der Waals surface area contributed by atoms with Crippen molar-refractivity contribution >= 4 is 28.8 Å². The van der Waals surface area contributed by atoms with Gasteiger partial charge in [0, 0.05) is 22.9 Å². The molecule has 2 N–H and O–H groups in total. The highest BCUT2D eigenvalue weighted by molar-refractivity contribution is 7.10. The van der Waals surface area contributed by atoms with Gasteiger partial charge in [0.15, 0.2) is 0 Å². The van der Waals surface area contributed by atoms with Gasteiger partial charge in [-0.25, -0.2) is 0 Å². The van der Waals surface area contributed by atoms with Crippen LogP contribution >= 0.6 is 22.9 Å². The van der Waals surface area contributed by atoms with E-state index in [1.165, 1.54) is 11.3 Å². The van der Waals surface area contributed by atoms with Gasteiger partial charge in [-0.3, -0.25) is 4.79 Å². The molecule has 1 aromatic heterocycles. The molecule has 0 aliphatic carbocycles. The zero-order valence-electron chi connectivity index (χ0n) is 10.9. The van der Waals surface area contributed by atoms with E-state index < -0.39 is 6.10 Å². The van der Waals surface area contributed by atoms with E-state index >= 15 is 0 Å². The van der Waals surface area contributed by atoms with Crippen LogP contribution in [0.1, 0.15) is 23.0 Å². The summed E-state index contributed by atoms with van der Waals surface area (Å²) in [5.41, 5.74) is 1.03. The van der Waals surface area contributed by atoms with E-state index in [0.717, 1.165) is 10.4 Å². The fourth-order valence-corrected chi connectivity index (χ4v) is 2.76. The summed E-state index contributed by atoms with van der Waals surface area (Å²) < 4.78 is 0. The number of carbonyl (C=O) groups is 1. The number of rotatable bonds is 6. The van der Waals surface area contributed by atoms with Crippen molar-refractivity contribution in [3.05, 3.63) is 57.2 Å². The van der Waals surface area contributed by atoms with Crippen LogP contribution in [-0.2, 0) is 11.2 Å². The van der Waals surface area contributed by atoms with Crippen molar-refractivity contribution in [2.75, 3.05) is 6.54 Å². The zero-order valence-corrected chi connectivity index (χ0v) is 12.5. The first-order valence-electron chi connectivity index (χ1n) is 6.38. The van der Waals surface area contributed by atoms with E-state index in [9.17, 15) is 9.90 Å². The predicted molar refractivity (Wildman–Crippen MR) is 82.1 cm³/mol. The normalized spacial score (nSPS) is 12.1.